The maximum atomic E-state index is 13.0. The second kappa shape index (κ2) is 12.2. The summed E-state index contributed by atoms with van der Waals surface area (Å²) in [6.07, 6.45) is 3.98. The number of carbonyl (C=O) groups is 3. The molecule has 0 spiro atoms. The van der Waals surface area contributed by atoms with Crippen LogP contribution in [0.5, 0.6) is 11.5 Å². The molecular weight excluding hydrogens is 526 g/mol. The zero-order valence-corrected chi connectivity index (χ0v) is 22.8. The highest BCUT2D eigenvalue weighted by Crippen LogP contribution is 2.26. The first kappa shape index (κ1) is 27.8. The normalized spacial score (nSPS) is 12.7. The lowest BCUT2D eigenvalue weighted by atomic mass is 10.1. The van der Waals surface area contributed by atoms with E-state index in [-0.39, 0.29) is 49.8 Å². The van der Waals surface area contributed by atoms with Crippen LogP contribution in [0.15, 0.2) is 67.0 Å². The van der Waals surface area contributed by atoms with Crippen molar-refractivity contribution in [3.05, 3.63) is 83.9 Å². The third kappa shape index (κ3) is 5.75. The van der Waals surface area contributed by atoms with Gasteiger partial charge in [-0.1, -0.05) is 18.2 Å². The first-order valence-corrected chi connectivity index (χ1v) is 13.6. The van der Waals surface area contributed by atoms with Gasteiger partial charge >= 0.3 is 0 Å². The molecule has 2 aromatic heterocycles. The predicted octanol–water partition coefficient (Wildman–Crippen LogP) is 0.684. The van der Waals surface area contributed by atoms with E-state index in [9.17, 15) is 24.6 Å². The van der Waals surface area contributed by atoms with Crippen molar-refractivity contribution in [2.75, 3.05) is 19.8 Å². The fraction of sp³-hybridized carbons (Fsp3) is 0.300. The number of amides is 3. The summed E-state index contributed by atoms with van der Waals surface area (Å²) in [5, 5.41) is 24.1. The van der Waals surface area contributed by atoms with Gasteiger partial charge in [-0.15, -0.1) is 0 Å². The number of hydrogen-bond donors (Lipinski definition) is 2. The molecule has 2 N–H and O–H groups in total. The van der Waals surface area contributed by atoms with Crippen molar-refractivity contribution in [3.63, 3.8) is 0 Å². The Morgan fingerprint density at radius 1 is 1.07 bits per heavy atom. The largest absolute Gasteiger partial charge is 0.868 e. The highest BCUT2D eigenvalue weighted by Gasteiger charge is 2.38. The molecule has 0 saturated carbocycles. The highest BCUT2D eigenvalue weighted by molar-refractivity contribution is 6.21. The molecule has 1 aliphatic rings. The summed E-state index contributed by atoms with van der Waals surface area (Å²) in [7, 11) is 0. The molecule has 0 bridgehead atoms. The van der Waals surface area contributed by atoms with Crippen LogP contribution in [0.4, 0.5) is 0 Å². The Bertz CT molecular complexity index is 1580. The lowest BCUT2D eigenvalue weighted by Gasteiger charge is -2.13. The Morgan fingerprint density at radius 2 is 1.83 bits per heavy atom. The summed E-state index contributed by atoms with van der Waals surface area (Å²) >= 11 is 0. The van der Waals surface area contributed by atoms with Crippen LogP contribution in [-0.4, -0.2) is 52.1 Å². The van der Waals surface area contributed by atoms with Crippen molar-refractivity contribution in [2.45, 2.75) is 39.5 Å². The molecule has 1 aliphatic heterocycles. The molecule has 5 rings (SSSR count). The number of pyridine rings is 1. The first-order valence-electron chi connectivity index (χ1n) is 13.6. The van der Waals surface area contributed by atoms with E-state index in [1.54, 1.807) is 47.0 Å². The van der Waals surface area contributed by atoms with Gasteiger partial charge in [0.05, 0.1) is 24.3 Å². The van der Waals surface area contributed by atoms with Crippen molar-refractivity contribution in [1.82, 2.24) is 14.8 Å². The average molecular weight is 559 g/mol. The van der Waals surface area contributed by atoms with E-state index in [0.29, 0.717) is 48.8 Å². The minimum absolute atomic E-state index is 0.0465. The number of benzene rings is 2. The van der Waals surface area contributed by atoms with Crippen LogP contribution in [0.1, 0.15) is 39.9 Å². The predicted molar refractivity (Wildman–Crippen MR) is 145 cm³/mol. The number of imidazole rings is 1. The van der Waals surface area contributed by atoms with E-state index in [1.807, 2.05) is 28.3 Å². The van der Waals surface area contributed by atoms with Gasteiger partial charge < -0.3 is 20.3 Å². The minimum Gasteiger partial charge on any atom is -0.868 e. The van der Waals surface area contributed by atoms with Crippen LogP contribution in [0, 0.1) is 0 Å². The number of imide groups is 1. The van der Waals surface area contributed by atoms with Crippen molar-refractivity contribution in [1.29, 1.82) is 0 Å². The van der Waals surface area contributed by atoms with Crippen molar-refractivity contribution >= 4 is 28.8 Å². The molecule has 0 unspecified atom stereocenters. The van der Waals surface area contributed by atoms with Gasteiger partial charge in [0.15, 0.2) is 30.0 Å². The lowest BCUT2D eigenvalue weighted by molar-refractivity contribution is -0.699. The highest BCUT2D eigenvalue weighted by atomic mass is 16.5. The first-order chi connectivity index (χ1) is 19.9. The number of fused-ring (bicyclic) bond motifs is 2. The molecule has 41 heavy (non-hydrogen) atoms. The third-order valence-corrected chi connectivity index (χ3v) is 7.09. The Kier molecular flexibility index (Phi) is 8.25. The number of rotatable bonds is 12. The maximum absolute atomic E-state index is 13.0. The minimum atomic E-state index is -0.346. The van der Waals surface area contributed by atoms with Gasteiger partial charge in [0, 0.05) is 25.1 Å². The van der Waals surface area contributed by atoms with Crippen molar-refractivity contribution < 1.29 is 38.5 Å². The summed E-state index contributed by atoms with van der Waals surface area (Å²) in [4.78, 5) is 39.7. The van der Waals surface area contributed by atoms with E-state index in [0.717, 1.165) is 11.0 Å². The number of aromatic nitrogens is 3. The molecule has 3 amide bonds. The van der Waals surface area contributed by atoms with Crippen molar-refractivity contribution in [3.8, 4) is 11.5 Å². The zero-order valence-electron chi connectivity index (χ0n) is 22.8. The van der Waals surface area contributed by atoms with Gasteiger partial charge in [0.1, 0.15) is 25.4 Å². The Hall–Kier alpha value is -4.77. The second-order valence-electron chi connectivity index (χ2n) is 9.70. The monoisotopic (exact) mass is 558 g/mol. The van der Waals surface area contributed by atoms with Gasteiger partial charge in [-0.05, 0) is 36.9 Å². The zero-order chi connectivity index (χ0) is 28.9. The molecular formula is C30H32N5O6+. The number of nitrogens with one attached hydrogen (secondary N) is 1. The second-order valence-corrected chi connectivity index (χ2v) is 9.70. The Balaban J connectivity index is 1.28. The SMILES string of the molecule is CC[n+]1c(CN2C(=O)c3ccccc3C2=O)n(CCO)c2cc(OCC(=O)NCCC[n+]3cccc([O-])c3)ccc21. The van der Waals surface area contributed by atoms with Crippen LogP contribution < -0.4 is 24.3 Å². The Labute approximate surface area is 236 Å². The molecule has 0 fully saturated rings. The van der Waals surface area contributed by atoms with E-state index >= 15 is 0 Å². The number of aliphatic hydroxyl groups is 1. The molecule has 4 aromatic rings. The number of aliphatic hydroxyl groups excluding tert-OH is 1. The lowest BCUT2D eigenvalue weighted by Crippen LogP contribution is -2.42. The Morgan fingerprint density at radius 3 is 2.51 bits per heavy atom. The molecule has 0 saturated heterocycles. The third-order valence-electron chi connectivity index (χ3n) is 7.09. The number of ether oxygens (including phenoxy) is 1. The molecule has 11 nitrogen and oxygen atoms in total. The number of aryl methyl sites for hydroxylation is 2. The number of hydrogen-bond acceptors (Lipinski definition) is 6. The smallest absolute Gasteiger partial charge is 0.278 e. The molecule has 11 heteroatoms. The number of carbonyl (C=O) groups excluding carboxylic acids is 3. The maximum Gasteiger partial charge on any atom is 0.278 e. The molecule has 3 heterocycles. The fourth-order valence-corrected chi connectivity index (χ4v) is 5.18. The molecule has 0 aliphatic carbocycles. The van der Waals surface area contributed by atoms with Gasteiger partial charge in [0.2, 0.25) is 0 Å². The fourth-order valence-electron chi connectivity index (χ4n) is 5.18. The quantitative estimate of drug-likeness (QED) is 0.149. The summed E-state index contributed by atoms with van der Waals surface area (Å²) < 4.78 is 11.4. The standard InChI is InChI=1S/C30H31N5O6/c1-2-33-25-11-10-22(41-20-27(38)31-12-6-14-32-13-5-7-21(37)18-32)17-26(25)34(15-16-36)28(33)19-35-29(39)23-8-3-4-9-24(23)30(35)40/h3-5,7-11,13,17-18,36H,2,6,12,14-16,19-20H2,1H3/p+1. The molecule has 2 aromatic carbocycles. The summed E-state index contributed by atoms with van der Waals surface area (Å²) in [6, 6.07) is 15.4. The van der Waals surface area contributed by atoms with Crippen LogP contribution in [0.2, 0.25) is 0 Å². The van der Waals surface area contributed by atoms with Crippen LogP contribution in [-0.2, 0) is 31.0 Å². The summed E-state index contributed by atoms with van der Waals surface area (Å²) in [5.74, 6) is 0.146. The summed E-state index contributed by atoms with van der Waals surface area (Å²) in [6.45, 7) is 3.57. The van der Waals surface area contributed by atoms with Gasteiger partial charge in [-0.2, -0.15) is 0 Å². The van der Waals surface area contributed by atoms with Gasteiger partial charge in [-0.25, -0.2) is 13.7 Å². The van der Waals surface area contributed by atoms with Gasteiger partial charge in [0.25, 0.3) is 23.5 Å². The van der Waals surface area contributed by atoms with Crippen LogP contribution in [0.3, 0.4) is 0 Å². The van der Waals surface area contributed by atoms with E-state index in [4.69, 9.17) is 4.74 Å². The van der Waals surface area contributed by atoms with E-state index in [1.165, 1.54) is 17.2 Å². The topological polar surface area (TPSA) is 132 Å². The molecule has 212 valence electrons. The van der Waals surface area contributed by atoms with E-state index in [2.05, 4.69) is 5.32 Å². The average Bonchev–Trinajstić information content (AvgIpc) is 3.40. The summed E-state index contributed by atoms with van der Waals surface area (Å²) in [5.41, 5.74) is 2.37. The molecule has 0 atom stereocenters. The van der Waals surface area contributed by atoms with Crippen LogP contribution >= 0.6 is 0 Å². The molecule has 0 radical (unpaired) electrons. The number of nitrogens with zero attached hydrogens (tertiary/aromatic N) is 4. The van der Waals surface area contributed by atoms with Crippen LogP contribution in [0.25, 0.3) is 11.0 Å². The van der Waals surface area contributed by atoms with Gasteiger partial charge in [-0.3, -0.25) is 19.3 Å². The van der Waals surface area contributed by atoms with Crippen molar-refractivity contribution in [2.24, 2.45) is 0 Å². The van der Waals surface area contributed by atoms with E-state index < -0.39 is 0 Å².